The number of nitrogens with two attached hydrogens (primary N) is 1. The molecule has 3 heteroatoms. The highest BCUT2D eigenvalue weighted by atomic mass is 16.5. The molecule has 0 aromatic rings. The summed E-state index contributed by atoms with van der Waals surface area (Å²) < 4.78 is 6.02. The van der Waals surface area contributed by atoms with E-state index in [2.05, 4.69) is 25.7 Å². The second kappa shape index (κ2) is 5.89. The highest BCUT2D eigenvalue weighted by Gasteiger charge is 2.37. The van der Waals surface area contributed by atoms with Crippen molar-refractivity contribution in [1.29, 1.82) is 0 Å². The van der Waals surface area contributed by atoms with Crippen LogP contribution in [0, 0.1) is 5.92 Å². The number of ether oxygens (including phenoxy) is 1. The van der Waals surface area contributed by atoms with Crippen LogP contribution in [-0.4, -0.2) is 42.3 Å². The van der Waals surface area contributed by atoms with Crippen LogP contribution in [0.15, 0.2) is 0 Å². The summed E-state index contributed by atoms with van der Waals surface area (Å²) in [5, 5.41) is 0. The fourth-order valence-corrected chi connectivity index (χ4v) is 3.88. The van der Waals surface area contributed by atoms with Crippen molar-refractivity contribution in [3.63, 3.8) is 0 Å². The van der Waals surface area contributed by atoms with E-state index in [0.29, 0.717) is 18.1 Å². The van der Waals surface area contributed by atoms with E-state index in [1.54, 1.807) is 0 Å². The summed E-state index contributed by atoms with van der Waals surface area (Å²) in [6, 6.07) is 0.683. The van der Waals surface area contributed by atoms with Gasteiger partial charge in [-0.15, -0.1) is 0 Å². The molecule has 3 nitrogen and oxygen atoms in total. The van der Waals surface area contributed by atoms with Crippen molar-refractivity contribution in [2.45, 2.75) is 70.6 Å². The summed E-state index contributed by atoms with van der Waals surface area (Å²) in [6.45, 7) is 9.59. The summed E-state index contributed by atoms with van der Waals surface area (Å²) >= 11 is 0. The third-order valence-corrected chi connectivity index (χ3v) is 4.49. The van der Waals surface area contributed by atoms with Crippen molar-refractivity contribution in [3.8, 4) is 0 Å². The summed E-state index contributed by atoms with van der Waals surface area (Å²) in [6.07, 6.45) is 7.10. The fraction of sp³-hybridized carbons (Fsp3) is 1.00. The zero-order valence-electron chi connectivity index (χ0n) is 12.3. The number of rotatable bonds is 2. The lowest BCUT2D eigenvalue weighted by atomic mass is 9.91. The Kier molecular flexibility index (Phi) is 4.68. The van der Waals surface area contributed by atoms with E-state index in [9.17, 15) is 0 Å². The SMILES string of the molecule is CC1CN(C2CCCCCC2CN)CC(C)(C)O1. The van der Waals surface area contributed by atoms with Gasteiger partial charge in [0.05, 0.1) is 11.7 Å². The van der Waals surface area contributed by atoms with E-state index in [1.165, 1.54) is 32.1 Å². The second-order valence-electron chi connectivity index (χ2n) is 6.82. The Labute approximate surface area is 112 Å². The van der Waals surface area contributed by atoms with Crippen molar-refractivity contribution in [2.75, 3.05) is 19.6 Å². The molecule has 1 heterocycles. The Morgan fingerprint density at radius 1 is 1.22 bits per heavy atom. The predicted octanol–water partition coefficient (Wildman–Crippen LogP) is 2.39. The van der Waals surface area contributed by atoms with Crippen LogP contribution < -0.4 is 5.73 Å². The Hall–Kier alpha value is -0.120. The third kappa shape index (κ3) is 3.46. The first-order valence-corrected chi connectivity index (χ1v) is 7.64. The Morgan fingerprint density at radius 2 is 1.94 bits per heavy atom. The minimum atomic E-state index is -0.0108. The molecule has 0 amide bonds. The van der Waals surface area contributed by atoms with Gasteiger partial charge in [0.25, 0.3) is 0 Å². The molecule has 106 valence electrons. The molecule has 3 unspecified atom stereocenters. The highest BCUT2D eigenvalue weighted by molar-refractivity contribution is 4.90. The zero-order chi connectivity index (χ0) is 13.2. The van der Waals surface area contributed by atoms with Gasteiger partial charge in [-0.1, -0.05) is 19.3 Å². The first-order chi connectivity index (χ1) is 8.52. The Morgan fingerprint density at radius 3 is 2.61 bits per heavy atom. The Balaban J connectivity index is 2.07. The minimum absolute atomic E-state index is 0.0108. The number of hydrogen-bond acceptors (Lipinski definition) is 3. The van der Waals surface area contributed by atoms with Crippen LogP contribution in [0.25, 0.3) is 0 Å². The molecule has 0 spiro atoms. The smallest absolute Gasteiger partial charge is 0.0757 e. The maximum Gasteiger partial charge on any atom is 0.0757 e. The maximum atomic E-state index is 6.02. The first-order valence-electron chi connectivity index (χ1n) is 7.64. The van der Waals surface area contributed by atoms with Gasteiger partial charge < -0.3 is 10.5 Å². The van der Waals surface area contributed by atoms with Crippen molar-refractivity contribution >= 4 is 0 Å². The summed E-state index contributed by atoms with van der Waals surface area (Å²) in [7, 11) is 0. The number of nitrogens with zero attached hydrogens (tertiary/aromatic N) is 1. The van der Waals surface area contributed by atoms with Crippen LogP contribution in [0.5, 0.6) is 0 Å². The number of morpholine rings is 1. The second-order valence-corrected chi connectivity index (χ2v) is 6.82. The van der Waals surface area contributed by atoms with Gasteiger partial charge in [-0.2, -0.15) is 0 Å². The molecule has 0 radical (unpaired) electrons. The van der Waals surface area contributed by atoms with Crippen LogP contribution in [0.1, 0.15) is 52.9 Å². The van der Waals surface area contributed by atoms with Gasteiger partial charge in [0.2, 0.25) is 0 Å². The van der Waals surface area contributed by atoms with Crippen molar-refractivity contribution < 1.29 is 4.74 Å². The summed E-state index contributed by atoms with van der Waals surface area (Å²) in [4.78, 5) is 2.66. The van der Waals surface area contributed by atoms with Crippen molar-refractivity contribution in [1.82, 2.24) is 4.90 Å². The molecule has 2 N–H and O–H groups in total. The topological polar surface area (TPSA) is 38.5 Å². The zero-order valence-corrected chi connectivity index (χ0v) is 12.3. The molecule has 1 saturated carbocycles. The molecule has 18 heavy (non-hydrogen) atoms. The van der Waals surface area contributed by atoms with E-state index < -0.39 is 0 Å². The van der Waals surface area contributed by atoms with Crippen LogP contribution in [-0.2, 0) is 4.74 Å². The van der Waals surface area contributed by atoms with Gasteiger partial charge in [-0.05, 0) is 46.1 Å². The van der Waals surface area contributed by atoms with Gasteiger partial charge in [-0.25, -0.2) is 0 Å². The molecule has 2 aliphatic rings. The van der Waals surface area contributed by atoms with Crippen LogP contribution in [0.3, 0.4) is 0 Å². The molecule has 0 aromatic carbocycles. The lowest BCUT2D eigenvalue weighted by Gasteiger charge is -2.47. The molecule has 1 saturated heterocycles. The van der Waals surface area contributed by atoms with Gasteiger partial charge >= 0.3 is 0 Å². The highest BCUT2D eigenvalue weighted by Crippen LogP contribution is 2.31. The maximum absolute atomic E-state index is 6.02. The van der Waals surface area contributed by atoms with Gasteiger partial charge in [0, 0.05) is 19.1 Å². The molecule has 2 rings (SSSR count). The standard InChI is InChI=1S/C15H30N2O/c1-12-10-17(11-15(2,3)18-12)14-8-6-4-5-7-13(14)9-16/h12-14H,4-11,16H2,1-3H3. The quantitative estimate of drug-likeness (QED) is 0.769. The lowest BCUT2D eigenvalue weighted by molar-refractivity contribution is -0.142. The monoisotopic (exact) mass is 254 g/mol. The lowest BCUT2D eigenvalue weighted by Crippen LogP contribution is -2.57. The predicted molar refractivity (Wildman–Crippen MR) is 75.6 cm³/mol. The average Bonchev–Trinajstić information content (AvgIpc) is 2.50. The van der Waals surface area contributed by atoms with E-state index in [-0.39, 0.29) is 5.60 Å². The van der Waals surface area contributed by atoms with E-state index in [1.807, 2.05) is 0 Å². The molecule has 1 aliphatic carbocycles. The van der Waals surface area contributed by atoms with E-state index in [4.69, 9.17) is 10.5 Å². The van der Waals surface area contributed by atoms with Gasteiger partial charge in [0.15, 0.2) is 0 Å². The normalized spacial score (nSPS) is 38.3. The molecule has 2 fully saturated rings. The van der Waals surface area contributed by atoms with Gasteiger partial charge in [-0.3, -0.25) is 4.90 Å². The van der Waals surface area contributed by atoms with Crippen LogP contribution >= 0.6 is 0 Å². The molecule has 1 aliphatic heterocycles. The van der Waals surface area contributed by atoms with Crippen LogP contribution in [0.2, 0.25) is 0 Å². The first kappa shape index (κ1) is 14.3. The Bertz CT molecular complexity index is 267. The minimum Gasteiger partial charge on any atom is -0.370 e. The molecule has 3 atom stereocenters. The van der Waals surface area contributed by atoms with Crippen molar-refractivity contribution in [3.05, 3.63) is 0 Å². The number of hydrogen-bond donors (Lipinski definition) is 1. The molecular weight excluding hydrogens is 224 g/mol. The molecule has 0 bridgehead atoms. The largest absolute Gasteiger partial charge is 0.370 e. The molecular formula is C15H30N2O. The summed E-state index contributed by atoms with van der Waals surface area (Å²) in [5.41, 5.74) is 6.00. The summed E-state index contributed by atoms with van der Waals surface area (Å²) in [5.74, 6) is 0.689. The molecule has 0 aromatic heterocycles. The average molecular weight is 254 g/mol. The fourth-order valence-electron chi connectivity index (χ4n) is 3.88. The van der Waals surface area contributed by atoms with Crippen molar-refractivity contribution in [2.24, 2.45) is 11.7 Å². The van der Waals surface area contributed by atoms with E-state index in [0.717, 1.165) is 19.6 Å². The van der Waals surface area contributed by atoms with Crippen LogP contribution in [0.4, 0.5) is 0 Å². The van der Waals surface area contributed by atoms with E-state index >= 15 is 0 Å². The van der Waals surface area contributed by atoms with Gasteiger partial charge in [0.1, 0.15) is 0 Å². The third-order valence-electron chi connectivity index (χ3n) is 4.49.